The molecule has 0 saturated carbocycles. The minimum Gasteiger partial charge on any atom is -0.445 e. The van der Waals surface area contributed by atoms with Crippen LogP contribution in [0.4, 0.5) is 16.4 Å². The predicted molar refractivity (Wildman–Crippen MR) is 110 cm³/mol. The second kappa shape index (κ2) is 8.01. The number of hydrogen-bond donors (Lipinski definition) is 4. The molecule has 0 radical (unpaired) electrons. The summed E-state index contributed by atoms with van der Waals surface area (Å²) in [4.78, 5) is 16.0. The number of fused-ring (bicyclic) bond motifs is 1. The summed E-state index contributed by atoms with van der Waals surface area (Å²) < 4.78 is 5.18. The van der Waals surface area contributed by atoms with Crippen LogP contribution in [0.25, 0.3) is 22.3 Å². The second-order valence-corrected chi connectivity index (χ2v) is 6.88. The SMILES string of the molecule is CC(C)NC(=O)OCc1ccc(-c2nc(Nc3ccc4[nH]ncc4c3)n[nH]2)cc1. The van der Waals surface area contributed by atoms with Gasteiger partial charge in [0.25, 0.3) is 0 Å². The third-order valence-electron chi connectivity index (χ3n) is 4.19. The second-order valence-electron chi connectivity index (χ2n) is 6.88. The van der Waals surface area contributed by atoms with Gasteiger partial charge < -0.3 is 15.4 Å². The highest BCUT2D eigenvalue weighted by Gasteiger charge is 2.08. The molecule has 4 aromatic rings. The minimum atomic E-state index is -0.427. The maximum Gasteiger partial charge on any atom is 0.407 e. The van der Waals surface area contributed by atoms with Gasteiger partial charge in [-0.25, -0.2) is 4.79 Å². The van der Waals surface area contributed by atoms with Crippen molar-refractivity contribution >= 4 is 28.6 Å². The normalized spacial score (nSPS) is 11.0. The van der Waals surface area contributed by atoms with Crippen molar-refractivity contribution < 1.29 is 9.53 Å². The molecule has 0 saturated heterocycles. The van der Waals surface area contributed by atoms with Gasteiger partial charge in [-0.3, -0.25) is 10.2 Å². The fourth-order valence-electron chi connectivity index (χ4n) is 2.78. The van der Waals surface area contributed by atoms with Crippen LogP contribution in [0.3, 0.4) is 0 Å². The molecule has 0 aliphatic heterocycles. The number of H-pyrrole nitrogens is 2. The number of amides is 1. The number of carbonyl (C=O) groups excluding carboxylic acids is 1. The topological polar surface area (TPSA) is 121 Å². The molecule has 2 heterocycles. The molecule has 0 unspecified atom stereocenters. The van der Waals surface area contributed by atoms with E-state index in [1.165, 1.54) is 0 Å². The number of nitrogens with one attached hydrogen (secondary N) is 4. The van der Waals surface area contributed by atoms with Crippen molar-refractivity contribution in [3.63, 3.8) is 0 Å². The van der Waals surface area contributed by atoms with E-state index in [-0.39, 0.29) is 12.6 Å². The lowest BCUT2D eigenvalue weighted by atomic mass is 10.1. The van der Waals surface area contributed by atoms with Gasteiger partial charge in [-0.2, -0.15) is 10.1 Å². The fourth-order valence-corrected chi connectivity index (χ4v) is 2.78. The van der Waals surface area contributed by atoms with Crippen LogP contribution in [0.15, 0.2) is 48.7 Å². The van der Waals surface area contributed by atoms with Gasteiger partial charge in [0.2, 0.25) is 5.95 Å². The van der Waals surface area contributed by atoms with E-state index >= 15 is 0 Å². The van der Waals surface area contributed by atoms with Gasteiger partial charge >= 0.3 is 6.09 Å². The fraction of sp³-hybridized carbons (Fsp3) is 0.200. The number of aromatic nitrogens is 5. The molecule has 4 N–H and O–H groups in total. The molecule has 0 aliphatic rings. The maximum atomic E-state index is 11.6. The summed E-state index contributed by atoms with van der Waals surface area (Å²) in [6, 6.07) is 13.5. The zero-order chi connectivity index (χ0) is 20.2. The van der Waals surface area contributed by atoms with Crippen LogP contribution in [0.5, 0.6) is 0 Å². The number of ether oxygens (including phenoxy) is 1. The quantitative estimate of drug-likeness (QED) is 0.397. The van der Waals surface area contributed by atoms with E-state index in [0.29, 0.717) is 11.8 Å². The van der Waals surface area contributed by atoms with Crippen LogP contribution >= 0.6 is 0 Å². The number of alkyl carbamates (subject to hydrolysis) is 1. The highest BCUT2D eigenvalue weighted by Crippen LogP contribution is 2.21. The van der Waals surface area contributed by atoms with Crippen molar-refractivity contribution in [2.24, 2.45) is 0 Å². The highest BCUT2D eigenvalue weighted by atomic mass is 16.5. The highest BCUT2D eigenvalue weighted by molar-refractivity contribution is 5.82. The largest absolute Gasteiger partial charge is 0.445 e. The Morgan fingerprint density at radius 3 is 2.76 bits per heavy atom. The summed E-state index contributed by atoms with van der Waals surface area (Å²) in [5, 5.41) is 20.9. The number of hydrogen-bond acceptors (Lipinski definition) is 6. The lowest BCUT2D eigenvalue weighted by Crippen LogP contribution is -2.30. The van der Waals surface area contributed by atoms with Crippen LogP contribution in [-0.4, -0.2) is 37.5 Å². The van der Waals surface area contributed by atoms with Crippen LogP contribution in [0.1, 0.15) is 19.4 Å². The Morgan fingerprint density at radius 2 is 1.97 bits per heavy atom. The van der Waals surface area contributed by atoms with Gasteiger partial charge in [-0.05, 0) is 37.6 Å². The third kappa shape index (κ3) is 4.52. The first kappa shape index (κ1) is 18.5. The van der Waals surface area contributed by atoms with Crippen LogP contribution in [-0.2, 0) is 11.3 Å². The van der Waals surface area contributed by atoms with E-state index < -0.39 is 6.09 Å². The molecule has 4 rings (SSSR count). The summed E-state index contributed by atoms with van der Waals surface area (Å²) in [5.74, 6) is 1.11. The molecule has 148 valence electrons. The maximum absolute atomic E-state index is 11.6. The number of nitrogens with zero attached hydrogens (tertiary/aromatic N) is 3. The summed E-state index contributed by atoms with van der Waals surface area (Å²) in [5.41, 5.74) is 3.61. The Labute approximate surface area is 166 Å². The van der Waals surface area contributed by atoms with E-state index in [4.69, 9.17) is 4.74 Å². The Morgan fingerprint density at radius 1 is 1.14 bits per heavy atom. The molecule has 0 bridgehead atoms. The molecule has 2 aromatic carbocycles. The molecule has 0 atom stereocenters. The van der Waals surface area contributed by atoms with Gasteiger partial charge in [0.05, 0.1) is 11.7 Å². The van der Waals surface area contributed by atoms with Crippen molar-refractivity contribution in [1.82, 2.24) is 30.7 Å². The van der Waals surface area contributed by atoms with Crippen LogP contribution in [0, 0.1) is 0 Å². The Hall–Kier alpha value is -3.88. The molecule has 2 aromatic heterocycles. The summed E-state index contributed by atoms with van der Waals surface area (Å²) in [6.07, 6.45) is 1.34. The summed E-state index contributed by atoms with van der Waals surface area (Å²) in [7, 11) is 0. The molecule has 1 amide bonds. The average Bonchev–Trinajstić information content (AvgIpc) is 3.35. The predicted octanol–water partition coefficient (Wildman–Crippen LogP) is 3.73. The van der Waals surface area contributed by atoms with E-state index in [9.17, 15) is 4.79 Å². The number of rotatable bonds is 6. The zero-order valence-corrected chi connectivity index (χ0v) is 16.1. The Bertz CT molecular complexity index is 1120. The van der Waals surface area contributed by atoms with Gasteiger partial charge in [0, 0.05) is 22.7 Å². The van der Waals surface area contributed by atoms with Crippen molar-refractivity contribution in [1.29, 1.82) is 0 Å². The number of aromatic amines is 2. The average molecular weight is 391 g/mol. The monoisotopic (exact) mass is 391 g/mol. The molecular formula is C20H21N7O2. The van der Waals surface area contributed by atoms with Gasteiger partial charge in [0.1, 0.15) is 6.61 Å². The van der Waals surface area contributed by atoms with Crippen molar-refractivity contribution in [2.75, 3.05) is 5.32 Å². The third-order valence-corrected chi connectivity index (χ3v) is 4.19. The molecule has 9 heteroatoms. The first-order valence-corrected chi connectivity index (χ1v) is 9.22. The lowest BCUT2D eigenvalue weighted by Gasteiger charge is -2.09. The number of anilines is 2. The first-order valence-electron chi connectivity index (χ1n) is 9.22. The summed E-state index contributed by atoms with van der Waals surface area (Å²) >= 11 is 0. The molecular weight excluding hydrogens is 370 g/mol. The number of benzene rings is 2. The minimum absolute atomic E-state index is 0.0423. The van der Waals surface area contributed by atoms with E-state index in [0.717, 1.165) is 27.7 Å². The zero-order valence-electron chi connectivity index (χ0n) is 16.1. The number of carbonyl (C=O) groups is 1. The molecule has 9 nitrogen and oxygen atoms in total. The smallest absolute Gasteiger partial charge is 0.407 e. The molecule has 0 fully saturated rings. The van der Waals surface area contributed by atoms with Gasteiger partial charge in [0.15, 0.2) is 5.82 Å². The van der Waals surface area contributed by atoms with Crippen molar-refractivity contribution in [2.45, 2.75) is 26.5 Å². The van der Waals surface area contributed by atoms with Crippen molar-refractivity contribution in [3.8, 4) is 11.4 Å². The standard InChI is InChI=1S/C20H21N7O2/c1-12(2)22-20(28)29-11-13-3-5-14(6-4-13)18-24-19(27-26-18)23-16-7-8-17-15(9-16)10-21-25-17/h3-10,12H,11H2,1-2H3,(H,21,25)(H,22,28)(H2,23,24,26,27). The molecule has 29 heavy (non-hydrogen) atoms. The van der Waals surface area contributed by atoms with E-state index in [1.807, 2.05) is 56.3 Å². The lowest BCUT2D eigenvalue weighted by molar-refractivity contribution is 0.137. The molecule has 0 spiro atoms. The molecule has 0 aliphatic carbocycles. The van der Waals surface area contributed by atoms with E-state index in [1.54, 1.807) is 6.20 Å². The summed E-state index contributed by atoms with van der Waals surface area (Å²) in [6.45, 7) is 3.97. The first-order chi connectivity index (χ1) is 14.1. The van der Waals surface area contributed by atoms with E-state index in [2.05, 4.69) is 36.0 Å². The van der Waals surface area contributed by atoms with Crippen molar-refractivity contribution in [3.05, 3.63) is 54.2 Å². The Balaban J connectivity index is 1.39. The van der Waals surface area contributed by atoms with Crippen LogP contribution < -0.4 is 10.6 Å². The van der Waals surface area contributed by atoms with Crippen LogP contribution in [0.2, 0.25) is 0 Å². The van der Waals surface area contributed by atoms with Gasteiger partial charge in [-0.1, -0.05) is 24.3 Å². The van der Waals surface area contributed by atoms with Gasteiger partial charge in [-0.15, -0.1) is 5.10 Å². The Kier molecular flexibility index (Phi) is 5.10.